The lowest BCUT2D eigenvalue weighted by Gasteiger charge is -2.08. The number of esters is 1. The van der Waals surface area contributed by atoms with Gasteiger partial charge in [-0.1, -0.05) is 30.3 Å². The SMILES string of the molecule is COC(=O)c1ccc(-c2ccccc2C(C)=O)cc1F. The molecule has 0 aliphatic rings. The summed E-state index contributed by atoms with van der Waals surface area (Å²) in [7, 11) is 1.20. The van der Waals surface area contributed by atoms with E-state index in [4.69, 9.17) is 0 Å². The molecule has 102 valence electrons. The maximum absolute atomic E-state index is 13.9. The molecule has 0 spiro atoms. The number of ether oxygens (including phenoxy) is 1. The molecule has 0 unspecified atom stereocenters. The quantitative estimate of drug-likeness (QED) is 0.634. The van der Waals surface area contributed by atoms with Gasteiger partial charge in [0.1, 0.15) is 5.82 Å². The van der Waals surface area contributed by atoms with Gasteiger partial charge in [0, 0.05) is 5.56 Å². The molecule has 0 heterocycles. The van der Waals surface area contributed by atoms with Crippen LogP contribution in [0.25, 0.3) is 11.1 Å². The van der Waals surface area contributed by atoms with Crippen LogP contribution in [0.3, 0.4) is 0 Å². The third kappa shape index (κ3) is 2.59. The summed E-state index contributed by atoms with van der Waals surface area (Å²) in [6.45, 7) is 1.46. The fourth-order valence-electron chi connectivity index (χ4n) is 2.00. The molecule has 0 saturated heterocycles. The summed E-state index contributed by atoms with van der Waals surface area (Å²) in [6.07, 6.45) is 0. The molecule has 2 aromatic rings. The second kappa shape index (κ2) is 5.65. The van der Waals surface area contributed by atoms with E-state index < -0.39 is 11.8 Å². The van der Waals surface area contributed by atoms with Crippen LogP contribution in [0, 0.1) is 5.82 Å². The maximum atomic E-state index is 13.9. The van der Waals surface area contributed by atoms with Gasteiger partial charge in [-0.2, -0.15) is 0 Å². The Morgan fingerprint density at radius 3 is 2.35 bits per heavy atom. The lowest BCUT2D eigenvalue weighted by atomic mass is 9.96. The number of benzene rings is 2. The second-order valence-corrected chi connectivity index (χ2v) is 4.29. The summed E-state index contributed by atoms with van der Waals surface area (Å²) >= 11 is 0. The van der Waals surface area contributed by atoms with Gasteiger partial charge in [-0.25, -0.2) is 9.18 Å². The number of hydrogen-bond donors (Lipinski definition) is 0. The Bertz CT molecular complexity index is 677. The molecular weight excluding hydrogens is 259 g/mol. The predicted octanol–water partition coefficient (Wildman–Crippen LogP) is 3.48. The zero-order valence-corrected chi connectivity index (χ0v) is 11.1. The van der Waals surface area contributed by atoms with Crippen molar-refractivity contribution >= 4 is 11.8 Å². The lowest BCUT2D eigenvalue weighted by Crippen LogP contribution is -2.04. The molecule has 4 heteroatoms. The molecule has 2 aromatic carbocycles. The molecule has 20 heavy (non-hydrogen) atoms. The number of carbonyl (C=O) groups excluding carboxylic acids is 2. The molecule has 0 aromatic heterocycles. The highest BCUT2D eigenvalue weighted by atomic mass is 19.1. The van der Waals surface area contributed by atoms with E-state index >= 15 is 0 Å². The fraction of sp³-hybridized carbons (Fsp3) is 0.125. The van der Waals surface area contributed by atoms with Gasteiger partial charge >= 0.3 is 5.97 Å². The zero-order valence-electron chi connectivity index (χ0n) is 11.1. The molecular formula is C16H13FO3. The van der Waals surface area contributed by atoms with Gasteiger partial charge in [0.05, 0.1) is 12.7 Å². The summed E-state index contributed by atoms with van der Waals surface area (Å²) in [6, 6.07) is 11.1. The van der Waals surface area contributed by atoms with E-state index in [0.717, 1.165) is 0 Å². The molecule has 0 saturated carbocycles. The summed E-state index contributed by atoms with van der Waals surface area (Å²) in [4.78, 5) is 22.9. The molecule has 0 N–H and O–H groups in total. The first-order valence-corrected chi connectivity index (χ1v) is 6.02. The summed E-state index contributed by atoms with van der Waals surface area (Å²) in [5, 5.41) is 0. The molecule has 3 nitrogen and oxygen atoms in total. The average Bonchev–Trinajstić information content (AvgIpc) is 2.46. The van der Waals surface area contributed by atoms with Gasteiger partial charge in [-0.05, 0) is 30.2 Å². The van der Waals surface area contributed by atoms with E-state index in [9.17, 15) is 14.0 Å². The van der Waals surface area contributed by atoms with Gasteiger partial charge < -0.3 is 4.74 Å². The zero-order chi connectivity index (χ0) is 14.7. The molecule has 2 rings (SSSR count). The smallest absolute Gasteiger partial charge is 0.340 e. The monoisotopic (exact) mass is 272 g/mol. The maximum Gasteiger partial charge on any atom is 0.340 e. The number of rotatable bonds is 3. The average molecular weight is 272 g/mol. The Hall–Kier alpha value is -2.49. The van der Waals surface area contributed by atoms with Crippen LogP contribution in [0.1, 0.15) is 27.6 Å². The highest BCUT2D eigenvalue weighted by Gasteiger charge is 2.15. The van der Waals surface area contributed by atoms with Crippen molar-refractivity contribution in [3.05, 3.63) is 59.4 Å². The second-order valence-electron chi connectivity index (χ2n) is 4.29. The van der Waals surface area contributed by atoms with Crippen LogP contribution in [-0.4, -0.2) is 18.9 Å². The van der Waals surface area contributed by atoms with Crippen molar-refractivity contribution in [3.8, 4) is 11.1 Å². The first-order chi connectivity index (χ1) is 9.54. The number of halogens is 1. The van der Waals surface area contributed by atoms with E-state index in [1.165, 1.54) is 26.2 Å². The largest absolute Gasteiger partial charge is 0.465 e. The number of hydrogen-bond acceptors (Lipinski definition) is 3. The number of methoxy groups -OCH3 is 1. The van der Waals surface area contributed by atoms with Gasteiger partial charge in [-0.3, -0.25) is 4.79 Å². The van der Waals surface area contributed by atoms with Crippen LogP contribution in [0.4, 0.5) is 4.39 Å². The Morgan fingerprint density at radius 1 is 1.05 bits per heavy atom. The van der Waals surface area contributed by atoms with E-state index in [1.807, 2.05) is 0 Å². The third-order valence-corrected chi connectivity index (χ3v) is 2.99. The minimum Gasteiger partial charge on any atom is -0.465 e. The van der Waals surface area contributed by atoms with E-state index in [1.54, 1.807) is 30.3 Å². The Morgan fingerprint density at radius 2 is 1.75 bits per heavy atom. The van der Waals surface area contributed by atoms with Crippen molar-refractivity contribution in [2.75, 3.05) is 7.11 Å². The first-order valence-electron chi connectivity index (χ1n) is 6.02. The van der Waals surface area contributed by atoms with Crippen LogP contribution in [0.5, 0.6) is 0 Å². The van der Waals surface area contributed by atoms with Crippen LogP contribution in [-0.2, 0) is 4.74 Å². The van der Waals surface area contributed by atoms with Crippen LogP contribution < -0.4 is 0 Å². The summed E-state index contributed by atoms with van der Waals surface area (Å²) in [5.74, 6) is -1.50. The fourth-order valence-corrected chi connectivity index (χ4v) is 2.00. The Kier molecular flexibility index (Phi) is 3.94. The summed E-state index contributed by atoms with van der Waals surface area (Å²) < 4.78 is 18.4. The Labute approximate surface area is 116 Å². The molecule has 0 fully saturated rings. The highest BCUT2D eigenvalue weighted by Crippen LogP contribution is 2.26. The molecule has 0 aliphatic carbocycles. The van der Waals surface area contributed by atoms with Crippen molar-refractivity contribution in [2.45, 2.75) is 6.92 Å². The van der Waals surface area contributed by atoms with Crippen molar-refractivity contribution in [2.24, 2.45) is 0 Å². The molecule has 0 aliphatic heterocycles. The number of ketones is 1. The Balaban J connectivity index is 2.53. The number of Topliss-reactive ketones (excluding diaryl/α,β-unsaturated/α-hetero) is 1. The van der Waals surface area contributed by atoms with Crippen LogP contribution in [0.2, 0.25) is 0 Å². The van der Waals surface area contributed by atoms with Crippen LogP contribution in [0.15, 0.2) is 42.5 Å². The standard InChI is InChI=1S/C16H13FO3/c1-10(18)12-5-3-4-6-13(12)11-7-8-14(15(17)9-11)16(19)20-2/h3-9H,1-2H3. The van der Waals surface area contributed by atoms with E-state index in [2.05, 4.69) is 4.74 Å². The summed E-state index contributed by atoms with van der Waals surface area (Å²) in [5.41, 5.74) is 1.56. The normalized spacial score (nSPS) is 10.2. The molecule has 0 atom stereocenters. The molecule has 0 radical (unpaired) electrons. The number of carbonyl (C=O) groups is 2. The van der Waals surface area contributed by atoms with Crippen molar-refractivity contribution in [3.63, 3.8) is 0 Å². The first kappa shape index (κ1) is 13.9. The molecule has 0 amide bonds. The van der Waals surface area contributed by atoms with Crippen LogP contribution >= 0.6 is 0 Å². The van der Waals surface area contributed by atoms with E-state index in [0.29, 0.717) is 16.7 Å². The van der Waals surface area contributed by atoms with Gasteiger partial charge in [-0.15, -0.1) is 0 Å². The highest BCUT2D eigenvalue weighted by molar-refractivity contribution is 6.01. The molecule has 0 bridgehead atoms. The minimum atomic E-state index is -0.728. The lowest BCUT2D eigenvalue weighted by molar-refractivity contribution is 0.0595. The van der Waals surface area contributed by atoms with Gasteiger partial charge in [0.25, 0.3) is 0 Å². The minimum absolute atomic E-state index is 0.0990. The van der Waals surface area contributed by atoms with Gasteiger partial charge in [0.15, 0.2) is 5.78 Å². The van der Waals surface area contributed by atoms with Crippen molar-refractivity contribution < 1.29 is 18.7 Å². The van der Waals surface area contributed by atoms with Crippen molar-refractivity contribution in [1.29, 1.82) is 0 Å². The van der Waals surface area contributed by atoms with Crippen molar-refractivity contribution in [1.82, 2.24) is 0 Å². The predicted molar refractivity (Wildman–Crippen MR) is 73.2 cm³/mol. The van der Waals surface area contributed by atoms with Gasteiger partial charge in [0.2, 0.25) is 0 Å². The van der Waals surface area contributed by atoms with E-state index in [-0.39, 0.29) is 11.3 Å². The topological polar surface area (TPSA) is 43.4 Å². The third-order valence-electron chi connectivity index (χ3n) is 2.99.